The number of aromatic nitrogens is 1. The minimum Gasteiger partial charge on any atom is -0.347 e. The molecule has 0 radical (unpaired) electrons. The van der Waals surface area contributed by atoms with Gasteiger partial charge < -0.3 is 9.88 Å². The van der Waals surface area contributed by atoms with E-state index in [0.717, 1.165) is 16.6 Å². The molecule has 0 bridgehead atoms. The van der Waals surface area contributed by atoms with Crippen LogP contribution in [0.25, 0.3) is 0 Å². The van der Waals surface area contributed by atoms with E-state index in [-0.39, 0.29) is 18.0 Å². The lowest BCUT2D eigenvalue weighted by atomic mass is 10.2. The number of hydrogen-bond acceptors (Lipinski definition) is 1. The van der Waals surface area contributed by atoms with Gasteiger partial charge in [-0.25, -0.2) is 8.78 Å². The molecule has 0 unspecified atom stereocenters. The molecular formula is C14H13BrF2N2O. The van der Waals surface area contributed by atoms with Crippen LogP contribution >= 0.6 is 15.9 Å². The molecule has 0 saturated heterocycles. The van der Waals surface area contributed by atoms with Gasteiger partial charge in [-0.1, -0.05) is 6.07 Å². The third kappa shape index (κ3) is 3.25. The molecule has 3 nitrogen and oxygen atoms in total. The van der Waals surface area contributed by atoms with Crippen LogP contribution in [0.2, 0.25) is 0 Å². The minimum atomic E-state index is -0.669. The summed E-state index contributed by atoms with van der Waals surface area (Å²) in [6.45, 7) is 2.58. The number of nitrogens with zero attached hydrogens (tertiary/aromatic N) is 1. The molecule has 0 fully saturated rings. The molecule has 106 valence electrons. The van der Waals surface area contributed by atoms with Gasteiger partial charge in [-0.2, -0.15) is 0 Å². The quantitative estimate of drug-likeness (QED) is 0.906. The smallest absolute Gasteiger partial charge is 0.268 e. The number of hydrogen-bond donors (Lipinski definition) is 1. The first-order valence-corrected chi connectivity index (χ1v) is 6.88. The molecule has 0 aliphatic heterocycles. The van der Waals surface area contributed by atoms with E-state index < -0.39 is 11.6 Å². The fraction of sp³-hybridized carbons (Fsp3) is 0.214. The zero-order chi connectivity index (χ0) is 14.7. The lowest BCUT2D eigenvalue weighted by Gasteiger charge is -2.08. The van der Waals surface area contributed by atoms with Crippen LogP contribution in [-0.2, 0) is 13.1 Å². The van der Waals surface area contributed by atoms with Crippen LogP contribution in [0, 0.1) is 11.6 Å². The molecule has 1 N–H and O–H groups in total. The largest absolute Gasteiger partial charge is 0.347 e. The first-order valence-electron chi connectivity index (χ1n) is 6.09. The number of carbonyl (C=O) groups excluding carboxylic acids is 1. The predicted molar refractivity (Wildman–Crippen MR) is 75.3 cm³/mol. The van der Waals surface area contributed by atoms with Crippen LogP contribution in [0.1, 0.15) is 23.0 Å². The standard InChI is InChI=1S/C14H13BrF2N2O/c1-2-19-8-10(15)5-13(19)14(20)18-7-9-3-4-11(16)6-12(9)17/h3-6,8H,2,7H2,1H3,(H,18,20). The molecule has 1 amide bonds. The molecule has 6 heteroatoms. The van der Waals surface area contributed by atoms with Gasteiger partial charge in [0.15, 0.2) is 0 Å². The molecule has 0 aliphatic rings. The highest BCUT2D eigenvalue weighted by molar-refractivity contribution is 9.10. The highest BCUT2D eigenvalue weighted by atomic mass is 79.9. The van der Waals surface area contributed by atoms with Gasteiger partial charge in [0.05, 0.1) is 0 Å². The number of amides is 1. The van der Waals surface area contributed by atoms with E-state index in [1.54, 1.807) is 16.8 Å². The third-order valence-corrected chi connectivity index (χ3v) is 3.32. The minimum absolute atomic E-state index is 0.0114. The Morgan fingerprint density at radius 3 is 2.75 bits per heavy atom. The number of halogens is 3. The fourth-order valence-corrected chi connectivity index (χ4v) is 2.32. The van der Waals surface area contributed by atoms with Crippen LogP contribution in [-0.4, -0.2) is 10.5 Å². The highest BCUT2D eigenvalue weighted by Crippen LogP contribution is 2.15. The lowest BCUT2D eigenvalue weighted by Crippen LogP contribution is -2.25. The molecule has 1 heterocycles. The van der Waals surface area contributed by atoms with Crippen LogP contribution in [0.5, 0.6) is 0 Å². The van der Waals surface area contributed by atoms with Gasteiger partial charge in [0.25, 0.3) is 5.91 Å². The first kappa shape index (κ1) is 14.7. The molecule has 1 aromatic heterocycles. The Morgan fingerprint density at radius 2 is 2.10 bits per heavy atom. The van der Waals surface area contributed by atoms with E-state index in [1.807, 2.05) is 6.92 Å². The highest BCUT2D eigenvalue weighted by Gasteiger charge is 2.13. The maximum atomic E-state index is 13.4. The van der Waals surface area contributed by atoms with E-state index in [2.05, 4.69) is 21.2 Å². The van der Waals surface area contributed by atoms with E-state index in [1.165, 1.54) is 6.07 Å². The van der Waals surface area contributed by atoms with Crippen LogP contribution in [0.4, 0.5) is 8.78 Å². The summed E-state index contributed by atoms with van der Waals surface area (Å²) in [4.78, 5) is 12.0. The molecule has 0 saturated carbocycles. The van der Waals surface area contributed by atoms with E-state index in [9.17, 15) is 13.6 Å². The van der Waals surface area contributed by atoms with E-state index in [0.29, 0.717) is 12.2 Å². The van der Waals surface area contributed by atoms with Crippen molar-refractivity contribution in [2.24, 2.45) is 0 Å². The van der Waals surface area contributed by atoms with Crippen molar-refractivity contribution in [2.75, 3.05) is 0 Å². The summed E-state index contributed by atoms with van der Waals surface area (Å²) in [7, 11) is 0. The van der Waals surface area contributed by atoms with E-state index in [4.69, 9.17) is 0 Å². The summed E-state index contributed by atoms with van der Waals surface area (Å²) in [5.41, 5.74) is 0.732. The summed E-state index contributed by atoms with van der Waals surface area (Å²) in [6, 6.07) is 4.97. The zero-order valence-corrected chi connectivity index (χ0v) is 12.4. The van der Waals surface area contributed by atoms with Gasteiger partial charge in [0, 0.05) is 35.4 Å². The Kier molecular flexibility index (Phi) is 4.54. The Balaban J connectivity index is 2.08. The number of rotatable bonds is 4. The first-order chi connectivity index (χ1) is 9.51. The maximum Gasteiger partial charge on any atom is 0.268 e. The van der Waals surface area contributed by atoms with Crippen molar-refractivity contribution in [1.29, 1.82) is 0 Å². The van der Waals surface area contributed by atoms with Gasteiger partial charge in [0.1, 0.15) is 17.3 Å². The van der Waals surface area contributed by atoms with Crippen molar-refractivity contribution in [3.63, 3.8) is 0 Å². The van der Waals surface area contributed by atoms with Crippen LogP contribution in [0.3, 0.4) is 0 Å². The predicted octanol–water partition coefficient (Wildman–Crippen LogP) is 3.48. The van der Waals surface area contributed by atoms with Crippen LogP contribution in [0.15, 0.2) is 34.9 Å². The summed E-state index contributed by atoms with van der Waals surface area (Å²) in [6.07, 6.45) is 1.80. The molecule has 0 aliphatic carbocycles. The van der Waals surface area contributed by atoms with Gasteiger partial charge in [0.2, 0.25) is 0 Å². The van der Waals surface area contributed by atoms with Crippen molar-refractivity contribution in [2.45, 2.75) is 20.0 Å². The Bertz CT molecular complexity index is 640. The second-order valence-electron chi connectivity index (χ2n) is 4.25. The molecule has 20 heavy (non-hydrogen) atoms. The second kappa shape index (κ2) is 6.17. The van der Waals surface area contributed by atoms with Crippen molar-refractivity contribution in [3.05, 3.63) is 57.8 Å². The van der Waals surface area contributed by atoms with Crippen molar-refractivity contribution >= 4 is 21.8 Å². The molecule has 0 atom stereocenters. The fourth-order valence-electron chi connectivity index (χ4n) is 1.86. The molecule has 1 aromatic carbocycles. The molecule has 0 spiro atoms. The maximum absolute atomic E-state index is 13.4. The Hall–Kier alpha value is -1.69. The molecule has 2 rings (SSSR count). The number of nitrogens with one attached hydrogen (secondary N) is 1. The number of aryl methyl sites for hydroxylation is 1. The summed E-state index contributed by atoms with van der Waals surface area (Å²) in [5, 5.41) is 2.62. The second-order valence-corrected chi connectivity index (χ2v) is 5.16. The summed E-state index contributed by atoms with van der Waals surface area (Å²) < 4.78 is 28.8. The van der Waals surface area contributed by atoms with Gasteiger partial charge in [-0.05, 0) is 35.0 Å². The van der Waals surface area contributed by atoms with Gasteiger partial charge in [-0.15, -0.1) is 0 Å². The average Bonchev–Trinajstić information content (AvgIpc) is 2.78. The summed E-state index contributed by atoms with van der Waals surface area (Å²) in [5.74, 6) is -1.61. The average molecular weight is 343 g/mol. The van der Waals surface area contributed by atoms with E-state index >= 15 is 0 Å². The zero-order valence-electron chi connectivity index (χ0n) is 10.8. The van der Waals surface area contributed by atoms with Crippen molar-refractivity contribution < 1.29 is 13.6 Å². The van der Waals surface area contributed by atoms with Crippen molar-refractivity contribution in [1.82, 2.24) is 9.88 Å². The molecule has 2 aromatic rings. The number of carbonyl (C=O) groups is 1. The SMILES string of the molecule is CCn1cc(Br)cc1C(=O)NCc1ccc(F)cc1F. The Labute approximate surface area is 123 Å². The third-order valence-electron chi connectivity index (χ3n) is 2.89. The normalized spacial score (nSPS) is 10.6. The summed E-state index contributed by atoms with van der Waals surface area (Å²) >= 11 is 3.31. The van der Waals surface area contributed by atoms with Gasteiger partial charge in [-0.3, -0.25) is 4.79 Å². The monoisotopic (exact) mass is 342 g/mol. The van der Waals surface area contributed by atoms with Crippen LogP contribution < -0.4 is 5.32 Å². The van der Waals surface area contributed by atoms with Gasteiger partial charge >= 0.3 is 0 Å². The topological polar surface area (TPSA) is 34.0 Å². The number of benzene rings is 1. The molecular weight excluding hydrogens is 330 g/mol. The Morgan fingerprint density at radius 1 is 1.35 bits per heavy atom. The van der Waals surface area contributed by atoms with Crippen molar-refractivity contribution in [3.8, 4) is 0 Å². The lowest BCUT2D eigenvalue weighted by molar-refractivity contribution is 0.0941.